The van der Waals surface area contributed by atoms with Crippen LogP contribution in [0.2, 0.25) is 0 Å². The summed E-state index contributed by atoms with van der Waals surface area (Å²) in [6.07, 6.45) is 0.864. The van der Waals surface area contributed by atoms with Gasteiger partial charge in [-0.15, -0.1) is 0 Å². The number of sulfone groups is 1. The topological polar surface area (TPSA) is 74.6 Å². The summed E-state index contributed by atoms with van der Waals surface area (Å²) in [5.74, 6) is 0.0561. The molecule has 4 nitrogen and oxygen atoms in total. The minimum Gasteiger partial charge on any atom is -0.395 e. The average molecular weight is 208 g/mol. The largest absolute Gasteiger partial charge is 0.395 e. The van der Waals surface area contributed by atoms with Crippen LogP contribution in [0.15, 0.2) is 0 Å². The fraction of sp³-hybridized carbons (Fsp3) is 1.00. The zero-order valence-electron chi connectivity index (χ0n) is 7.68. The van der Waals surface area contributed by atoms with Crippen molar-refractivity contribution in [2.75, 3.05) is 12.4 Å². The molecular weight excluding hydrogens is 192 g/mol. The molecule has 0 bridgehead atoms. The van der Waals surface area contributed by atoms with Crippen LogP contribution in [0.1, 0.15) is 19.8 Å². The van der Waals surface area contributed by atoms with Gasteiger partial charge in [-0.25, -0.2) is 8.42 Å². The molecule has 0 radical (unpaired) electrons. The van der Waals surface area contributed by atoms with Gasteiger partial charge in [0.25, 0.3) is 0 Å². The minimum absolute atomic E-state index is 0.0258. The van der Waals surface area contributed by atoms with Gasteiger partial charge >= 0.3 is 0 Å². The fourth-order valence-electron chi connectivity index (χ4n) is 1.39. The number of rotatable bonds is 5. The van der Waals surface area contributed by atoms with Crippen molar-refractivity contribution in [1.29, 1.82) is 0 Å². The monoisotopic (exact) mass is 208 g/mol. The van der Waals surface area contributed by atoms with Gasteiger partial charge in [-0.1, -0.05) is 6.92 Å². The standard InChI is InChI=1S/C8H16O4S/c1-2-13(11,12)7(5-9)8(10)6-3-4-6/h6-10H,2-5H2,1H3/t7-,8+/m0/s1. The van der Waals surface area contributed by atoms with Crippen LogP contribution >= 0.6 is 0 Å². The lowest BCUT2D eigenvalue weighted by Crippen LogP contribution is -2.39. The zero-order chi connectivity index (χ0) is 10.1. The van der Waals surface area contributed by atoms with E-state index in [0.717, 1.165) is 12.8 Å². The molecule has 5 heteroatoms. The van der Waals surface area contributed by atoms with Crippen LogP contribution in [0.3, 0.4) is 0 Å². The van der Waals surface area contributed by atoms with E-state index in [1.54, 1.807) is 0 Å². The van der Waals surface area contributed by atoms with E-state index in [-0.39, 0.29) is 11.7 Å². The van der Waals surface area contributed by atoms with Gasteiger partial charge in [0.15, 0.2) is 9.84 Å². The Balaban J connectivity index is 2.71. The molecule has 0 heterocycles. The van der Waals surface area contributed by atoms with Crippen molar-refractivity contribution in [3.8, 4) is 0 Å². The van der Waals surface area contributed by atoms with Gasteiger partial charge in [0, 0.05) is 5.75 Å². The molecule has 0 amide bonds. The first kappa shape index (κ1) is 10.9. The first-order valence-electron chi connectivity index (χ1n) is 4.53. The first-order valence-corrected chi connectivity index (χ1v) is 6.25. The quantitative estimate of drug-likeness (QED) is 0.642. The van der Waals surface area contributed by atoms with E-state index >= 15 is 0 Å². The zero-order valence-corrected chi connectivity index (χ0v) is 8.50. The second-order valence-corrected chi connectivity index (χ2v) is 6.01. The Morgan fingerprint density at radius 1 is 1.46 bits per heavy atom. The molecular formula is C8H16O4S. The summed E-state index contributed by atoms with van der Waals surface area (Å²) < 4.78 is 22.8. The summed E-state index contributed by atoms with van der Waals surface area (Å²) >= 11 is 0. The lowest BCUT2D eigenvalue weighted by molar-refractivity contribution is 0.117. The van der Waals surface area contributed by atoms with Crippen molar-refractivity contribution in [2.24, 2.45) is 5.92 Å². The van der Waals surface area contributed by atoms with Gasteiger partial charge in [-0.2, -0.15) is 0 Å². The molecule has 0 aromatic heterocycles. The third-order valence-electron chi connectivity index (χ3n) is 2.53. The minimum atomic E-state index is -3.31. The molecule has 0 aromatic carbocycles. The van der Waals surface area contributed by atoms with E-state index in [2.05, 4.69) is 0 Å². The van der Waals surface area contributed by atoms with E-state index < -0.39 is 27.8 Å². The smallest absolute Gasteiger partial charge is 0.157 e. The predicted molar refractivity (Wildman–Crippen MR) is 49.1 cm³/mol. The third kappa shape index (κ3) is 2.42. The molecule has 1 aliphatic rings. The molecule has 1 aliphatic carbocycles. The molecule has 78 valence electrons. The lowest BCUT2D eigenvalue weighted by atomic mass is 10.2. The number of hydrogen-bond acceptors (Lipinski definition) is 4. The van der Waals surface area contributed by atoms with E-state index in [9.17, 15) is 13.5 Å². The molecule has 0 saturated heterocycles. The van der Waals surface area contributed by atoms with Crippen molar-refractivity contribution in [3.05, 3.63) is 0 Å². The maximum absolute atomic E-state index is 11.4. The van der Waals surface area contributed by atoms with Crippen molar-refractivity contribution in [2.45, 2.75) is 31.1 Å². The van der Waals surface area contributed by atoms with E-state index in [1.807, 2.05) is 0 Å². The fourth-order valence-corrected chi connectivity index (χ4v) is 2.69. The van der Waals surface area contributed by atoms with Crippen molar-refractivity contribution < 1.29 is 18.6 Å². The average Bonchev–Trinajstić information content (AvgIpc) is 2.87. The number of hydrogen-bond donors (Lipinski definition) is 2. The summed E-state index contributed by atoms with van der Waals surface area (Å²) in [7, 11) is -3.31. The summed E-state index contributed by atoms with van der Waals surface area (Å²) in [6, 6.07) is 0. The van der Waals surface area contributed by atoms with Crippen molar-refractivity contribution in [3.63, 3.8) is 0 Å². The molecule has 1 rings (SSSR count). The highest BCUT2D eigenvalue weighted by Gasteiger charge is 2.40. The SMILES string of the molecule is CCS(=O)(=O)[C@@H](CO)[C@H](O)C1CC1. The molecule has 0 aliphatic heterocycles. The molecule has 0 unspecified atom stereocenters. The molecule has 2 atom stereocenters. The summed E-state index contributed by atoms with van der Waals surface area (Å²) in [5, 5.41) is 17.5. The van der Waals surface area contributed by atoms with Gasteiger partial charge in [0.05, 0.1) is 12.7 Å². The van der Waals surface area contributed by atoms with Crippen LogP contribution in [0.5, 0.6) is 0 Å². The molecule has 0 spiro atoms. The first-order chi connectivity index (χ1) is 6.03. The normalized spacial score (nSPS) is 22.7. The van der Waals surface area contributed by atoms with Crippen LogP contribution in [0, 0.1) is 5.92 Å². The van der Waals surface area contributed by atoms with Crippen LogP contribution in [-0.2, 0) is 9.84 Å². The Hall–Kier alpha value is -0.130. The Labute approximate surface area is 78.5 Å². The van der Waals surface area contributed by atoms with E-state index in [4.69, 9.17) is 5.11 Å². The Bertz CT molecular complexity index is 255. The van der Waals surface area contributed by atoms with Crippen LogP contribution < -0.4 is 0 Å². The Kier molecular flexibility index (Phi) is 3.32. The highest BCUT2D eigenvalue weighted by Crippen LogP contribution is 2.35. The third-order valence-corrected chi connectivity index (χ3v) is 4.68. The summed E-state index contributed by atoms with van der Waals surface area (Å²) in [4.78, 5) is 0. The lowest BCUT2D eigenvalue weighted by Gasteiger charge is -2.19. The molecule has 2 N–H and O–H groups in total. The van der Waals surface area contributed by atoms with Gasteiger partial charge < -0.3 is 10.2 Å². The molecule has 13 heavy (non-hydrogen) atoms. The maximum atomic E-state index is 11.4. The Morgan fingerprint density at radius 2 is 2.00 bits per heavy atom. The second kappa shape index (κ2) is 3.94. The maximum Gasteiger partial charge on any atom is 0.157 e. The Morgan fingerprint density at radius 3 is 2.31 bits per heavy atom. The number of aliphatic hydroxyl groups excluding tert-OH is 2. The summed E-state index contributed by atoms with van der Waals surface area (Å²) in [6.45, 7) is 1.05. The van der Waals surface area contributed by atoms with Crippen molar-refractivity contribution >= 4 is 9.84 Å². The molecule has 1 saturated carbocycles. The molecule has 0 aromatic rings. The highest BCUT2D eigenvalue weighted by atomic mass is 32.2. The molecule has 1 fully saturated rings. The van der Waals surface area contributed by atoms with E-state index in [1.165, 1.54) is 6.92 Å². The second-order valence-electron chi connectivity index (χ2n) is 3.50. The van der Waals surface area contributed by atoms with Crippen molar-refractivity contribution in [1.82, 2.24) is 0 Å². The van der Waals surface area contributed by atoms with Crippen LogP contribution in [0.25, 0.3) is 0 Å². The van der Waals surface area contributed by atoms with Crippen LogP contribution in [-0.4, -0.2) is 42.3 Å². The predicted octanol–water partition coefficient (Wildman–Crippen LogP) is -0.447. The van der Waals surface area contributed by atoms with Gasteiger partial charge in [0.2, 0.25) is 0 Å². The van der Waals surface area contributed by atoms with Gasteiger partial charge in [-0.05, 0) is 18.8 Å². The van der Waals surface area contributed by atoms with E-state index in [0.29, 0.717) is 0 Å². The van der Waals surface area contributed by atoms with Crippen LogP contribution in [0.4, 0.5) is 0 Å². The number of aliphatic hydroxyl groups is 2. The highest BCUT2D eigenvalue weighted by molar-refractivity contribution is 7.92. The van der Waals surface area contributed by atoms with Gasteiger partial charge in [0.1, 0.15) is 5.25 Å². The van der Waals surface area contributed by atoms with Gasteiger partial charge in [-0.3, -0.25) is 0 Å². The summed E-state index contributed by atoms with van der Waals surface area (Å²) in [5.41, 5.74) is 0.